The van der Waals surface area contributed by atoms with Gasteiger partial charge in [0.2, 0.25) is 5.91 Å². The third-order valence-electron chi connectivity index (χ3n) is 3.04. The Labute approximate surface area is 93.5 Å². The lowest BCUT2D eigenvalue weighted by atomic mass is 9.70. The monoisotopic (exact) mass is 225 g/mol. The minimum Gasteiger partial charge on any atom is -0.449 e. The van der Waals surface area contributed by atoms with Crippen LogP contribution in [0.2, 0.25) is 0 Å². The third kappa shape index (κ3) is 1.99. The Balaban J connectivity index is 2.91. The first kappa shape index (κ1) is 12.5. The Bertz CT molecular complexity index is 337. The van der Waals surface area contributed by atoms with Gasteiger partial charge in [0.15, 0.2) is 12.0 Å². The molecular formula is C10H15N3O3. The van der Waals surface area contributed by atoms with E-state index in [-0.39, 0.29) is 6.61 Å². The summed E-state index contributed by atoms with van der Waals surface area (Å²) >= 11 is 0. The fraction of sp³-hybridized carbons (Fsp3) is 0.700. The van der Waals surface area contributed by atoms with Crippen LogP contribution in [0.25, 0.3) is 0 Å². The van der Waals surface area contributed by atoms with Crippen LogP contribution in [-0.2, 0) is 14.3 Å². The van der Waals surface area contributed by atoms with Gasteiger partial charge in [-0.05, 0) is 12.8 Å². The molecule has 0 aromatic carbocycles. The molecule has 1 aliphatic carbocycles. The Kier molecular flexibility index (Phi) is 3.85. The summed E-state index contributed by atoms with van der Waals surface area (Å²) in [5, 5.41) is 8.33. The molecule has 0 aromatic rings. The second-order valence-electron chi connectivity index (χ2n) is 3.92. The Hall–Kier alpha value is -1.61. The molecule has 88 valence electrons. The largest absolute Gasteiger partial charge is 0.449 e. The summed E-state index contributed by atoms with van der Waals surface area (Å²) in [6.45, 7) is -0.388. The van der Waals surface area contributed by atoms with E-state index in [1.54, 1.807) is 6.07 Å². The van der Waals surface area contributed by atoms with E-state index in [0.717, 1.165) is 6.42 Å². The number of nitrogens with two attached hydrogens (primary N) is 2. The van der Waals surface area contributed by atoms with Crippen LogP contribution in [0.4, 0.5) is 0 Å². The summed E-state index contributed by atoms with van der Waals surface area (Å²) in [4.78, 5) is 23.2. The predicted octanol–water partition coefficient (Wildman–Crippen LogP) is -0.574. The molecule has 0 spiro atoms. The second kappa shape index (κ2) is 4.94. The molecule has 6 heteroatoms. The molecule has 0 aliphatic heterocycles. The van der Waals surface area contributed by atoms with Crippen molar-refractivity contribution in [1.82, 2.24) is 0 Å². The number of primary amides is 1. The van der Waals surface area contributed by atoms with E-state index in [9.17, 15) is 9.59 Å². The molecule has 6 nitrogen and oxygen atoms in total. The molecule has 0 heterocycles. The van der Waals surface area contributed by atoms with E-state index in [2.05, 4.69) is 4.74 Å². The van der Waals surface area contributed by atoms with Crippen LogP contribution in [0.1, 0.15) is 25.7 Å². The van der Waals surface area contributed by atoms with Crippen molar-refractivity contribution in [3.05, 3.63) is 0 Å². The fourth-order valence-corrected chi connectivity index (χ4v) is 2.09. The van der Waals surface area contributed by atoms with Crippen molar-refractivity contribution in [2.75, 3.05) is 6.61 Å². The second-order valence-corrected chi connectivity index (χ2v) is 3.92. The zero-order chi connectivity index (χ0) is 12.2. The molecule has 4 N–H and O–H groups in total. The number of hydrogen-bond acceptors (Lipinski definition) is 5. The Morgan fingerprint density at radius 2 is 2.19 bits per heavy atom. The summed E-state index contributed by atoms with van der Waals surface area (Å²) in [5.41, 5.74) is 9.62. The first-order valence-electron chi connectivity index (χ1n) is 5.15. The predicted molar refractivity (Wildman–Crippen MR) is 54.6 cm³/mol. The zero-order valence-corrected chi connectivity index (χ0v) is 8.94. The molecule has 1 amide bonds. The molecule has 0 bridgehead atoms. The number of carbonyl (C=O) groups is 2. The van der Waals surface area contributed by atoms with Gasteiger partial charge in [-0.25, -0.2) is 0 Å². The molecule has 0 saturated heterocycles. The molecular weight excluding hydrogens is 210 g/mol. The number of ether oxygens (including phenoxy) is 1. The number of nitriles is 1. The van der Waals surface area contributed by atoms with Gasteiger partial charge in [0.05, 0.1) is 0 Å². The highest BCUT2D eigenvalue weighted by Crippen LogP contribution is 2.36. The molecule has 1 rings (SSSR count). The molecule has 1 saturated carbocycles. The molecule has 0 aromatic heterocycles. The van der Waals surface area contributed by atoms with Gasteiger partial charge >= 0.3 is 5.97 Å². The summed E-state index contributed by atoms with van der Waals surface area (Å²) in [7, 11) is 0. The van der Waals surface area contributed by atoms with E-state index in [1.807, 2.05) is 0 Å². The zero-order valence-electron chi connectivity index (χ0n) is 8.94. The minimum atomic E-state index is -1.45. The van der Waals surface area contributed by atoms with Crippen LogP contribution in [-0.4, -0.2) is 24.5 Å². The molecule has 16 heavy (non-hydrogen) atoms. The van der Waals surface area contributed by atoms with Crippen molar-refractivity contribution in [1.29, 1.82) is 5.26 Å². The maximum Gasteiger partial charge on any atom is 0.324 e. The number of rotatable bonds is 3. The Morgan fingerprint density at radius 1 is 1.50 bits per heavy atom. The van der Waals surface area contributed by atoms with Crippen molar-refractivity contribution in [3.8, 4) is 6.07 Å². The van der Waals surface area contributed by atoms with Gasteiger partial charge in [-0.2, -0.15) is 5.26 Å². The summed E-state index contributed by atoms with van der Waals surface area (Å²) in [6, 6.07) is 1.05. The molecule has 1 fully saturated rings. The quantitative estimate of drug-likeness (QED) is 0.492. The Morgan fingerprint density at radius 3 is 2.69 bits per heavy atom. The number of carbonyl (C=O) groups excluding carboxylic acids is 2. The number of hydrogen-bond donors (Lipinski definition) is 2. The molecule has 2 atom stereocenters. The summed E-state index contributed by atoms with van der Waals surface area (Å²) in [6.07, 6.45) is 2.43. The van der Waals surface area contributed by atoms with Crippen LogP contribution in [0.5, 0.6) is 0 Å². The van der Waals surface area contributed by atoms with Crippen LogP contribution in [0.3, 0.4) is 0 Å². The maximum atomic E-state index is 11.8. The smallest absolute Gasteiger partial charge is 0.324 e. The summed E-state index contributed by atoms with van der Waals surface area (Å²) < 4.78 is 4.68. The van der Waals surface area contributed by atoms with Crippen LogP contribution in [0, 0.1) is 16.7 Å². The van der Waals surface area contributed by atoms with Crippen molar-refractivity contribution in [2.24, 2.45) is 16.9 Å². The fourth-order valence-electron chi connectivity index (χ4n) is 2.09. The highest BCUT2D eigenvalue weighted by Gasteiger charge is 2.52. The van der Waals surface area contributed by atoms with Gasteiger partial charge < -0.3 is 16.2 Å². The average Bonchev–Trinajstić information content (AvgIpc) is 2.26. The third-order valence-corrected chi connectivity index (χ3v) is 3.04. The van der Waals surface area contributed by atoms with Crippen LogP contribution in [0.15, 0.2) is 0 Å². The lowest BCUT2D eigenvalue weighted by molar-refractivity contribution is -0.162. The standard InChI is InChI=1S/C10H15N3O3/c11-5-6-16-9(15)10(8(13)14)4-2-1-3-7(10)12/h7H,1-4,6,12H2,(H2,13,14). The van der Waals surface area contributed by atoms with Crippen molar-refractivity contribution in [3.63, 3.8) is 0 Å². The summed E-state index contributed by atoms with van der Waals surface area (Å²) in [5.74, 6) is -1.53. The SMILES string of the molecule is N#CCOC(=O)C1(C(N)=O)CCCCC1N. The lowest BCUT2D eigenvalue weighted by Gasteiger charge is -2.36. The van der Waals surface area contributed by atoms with Crippen molar-refractivity contribution < 1.29 is 14.3 Å². The van der Waals surface area contributed by atoms with E-state index in [0.29, 0.717) is 19.3 Å². The van der Waals surface area contributed by atoms with E-state index >= 15 is 0 Å². The van der Waals surface area contributed by atoms with Crippen molar-refractivity contribution >= 4 is 11.9 Å². The highest BCUT2D eigenvalue weighted by molar-refractivity contribution is 6.03. The van der Waals surface area contributed by atoms with Crippen molar-refractivity contribution in [2.45, 2.75) is 31.7 Å². The number of amides is 1. The van der Waals surface area contributed by atoms with Gasteiger partial charge in [-0.1, -0.05) is 12.8 Å². The van der Waals surface area contributed by atoms with E-state index < -0.39 is 23.3 Å². The molecule has 1 aliphatic rings. The lowest BCUT2D eigenvalue weighted by Crippen LogP contribution is -2.58. The normalized spacial score (nSPS) is 29.1. The van der Waals surface area contributed by atoms with E-state index in [1.165, 1.54) is 0 Å². The molecule has 0 radical (unpaired) electrons. The first-order chi connectivity index (χ1) is 7.55. The van der Waals surface area contributed by atoms with Gasteiger partial charge in [-0.3, -0.25) is 9.59 Å². The van der Waals surface area contributed by atoms with Gasteiger partial charge in [0.1, 0.15) is 6.07 Å². The number of esters is 1. The van der Waals surface area contributed by atoms with E-state index in [4.69, 9.17) is 16.7 Å². The number of nitrogens with zero attached hydrogens (tertiary/aromatic N) is 1. The molecule has 2 unspecified atom stereocenters. The van der Waals surface area contributed by atoms with Gasteiger partial charge in [-0.15, -0.1) is 0 Å². The highest BCUT2D eigenvalue weighted by atomic mass is 16.5. The van der Waals surface area contributed by atoms with Crippen LogP contribution >= 0.6 is 0 Å². The first-order valence-corrected chi connectivity index (χ1v) is 5.15. The minimum absolute atomic E-state index is 0.299. The average molecular weight is 225 g/mol. The topological polar surface area (TPSA) is 119 Å². The van der Waals surface area contributed by atoms with Crippen LogP contribution < -0.4 is 11.5 Å². The van der Waals surface area contributed by atoms with Gasteiger partial charge in [0, 0.05) is 6.04 Å². The van der Waals surface area contributed by atoms with Gasteiger partial charge in [0.25, 0.3) is 0 Å². The maximum absolute atomic E-state index is 11.8.